The average Bonchev–Trinajstić information content (AvgIpc) is 3.20. The van der Waals surface area contributed by atoms with E-state index in [0.29, 0.717) is 16.8 Å². The van der Waals surface area contributed by atoms with Crippen LogP contribution in [0.3, 0.4) is 0 Å². The first-order valence-corrected chi connectivity index (χ1v) is 8.71. The van der Waals surface area contributed by atoms with E-state index in [2.05, 4.69) is 15.3 Å². The maximum absolute atomic E-state index is 12.2. The van der Waals surface area contributed by atoms with Crippen LogP contribution in [0.15, 0.2) is 65.6 Å². The number of carboxylic acids is 1. The number of benzene rings is 2. The van der Waals surface area contributed by atoms with E-state index in [4.69, 9.17) is 5.11 Å². The average molecular weight is 377 g/mol. The van der Waals surface area contributed by atoms with E-state index in [1.165, 1.54) is 0 Å². The maximum Gasteiger partial charge on any atom is 0.303 e. The molecule has 0 fully saturated rings. The molecule has 0 unspecified atom stereocenters. The summed E-state index contributed by atoms with van der Waals surface area (Å²) in [5.41, 5.74) is 2.39. The normalized spacial score (nSPS) is 10.3. The molecule has 28 heavy (non-hydrogen) atoms. The zero-order chi connectivity index (χ0) is 20.1. The number of carbonyl (C=O) groups excluding carboxylic acids is 1. The number of aromatic amines is 2. The number of aromatic nitrogens is 2. The van der Waals surface area contributed by atoms with E-state index in [9.17, 15) is 14.4 Å². The first-order valence-electron chi connectivity index (χ1n) is 8.71. The molecular weight excluding hydrogens is 358 g/mol. The first kappa shape index (κ1) is 18.9. The van der Waals surface area contributed by atoms with Crippen LogP contribution in [0.2, 0.25) is 0 Å². The van der Waals surface area contributed by atoms with Crippen molar-refractivity contribution >= 4 is 39.4 Å². The number of amides is 1. The van der Waals surface area contributed by atoms with Crippen molar-refractivity contribution in [3.8, 4) is 0 Å². The van der Waals surface area contributed by atoms with Gasteiger partial charge in [0.1, 0.15) is 5.52 Å². The lowest BCUT2D eigenvalue weighted by Crippen LogP contribution is -2.12. The van der Waals surface area contributed by atoms with Crippen LogP contribution in [0.4, 0.5) is 5.69 Å². The van der Waals surface area contributed by atoms with Crippen LogP contribution in [0, 0.1) is 0 Å². The highest BCUT2D eigenvalue weighted by molar-refractivity contribution is 6.08. The highest BCUT2D eigenvalue weighted by Crippen LogP contribution is 2.24. The topological polar surface area (TPSA) is 115 Å². The number of hydrogen-bond acceptors (Lipinski definition) is 3. The van der Waals surface area contributed by atoms with Crippen molar-refractivity contribution in [3.05, 3.63) is 76.7 Å². The number of carbonyl (C=O) groups is 2. The van der Waals surface area contributed by atoms with Gasteiger partial charge in [0, 0.05) is 40.2 Å². The molecule has 4 N–H and O–H groups in total. The van der Waals surface area contributed by atoms with Crippen LogP contribution in [0.1, 0.15) is 23.7 Å². The Balaban J connectivity index is 0.000000403. The van der Waals surface area contributed by atoms with E-state index in [1.807, 2.05) is 30.3 Å². The Morgan fingerprint density at radius 1 is 1.04 bits per heavy atom. The third kappa shape index (κ3) is 4.09. The molecule has 2 aromatic heterocycles. The van der Waals surface area contributed by atoms with Gasteiger partial charge in [0.2, 0.25) is 0 Å². The minimum absolute atomic E-state index is 0.154. The quantitative estimate of drug-likeness (QED) is 0.435. The summed E-state index contributed by atoms with van der Waals surface area (Å²) < 4.78 is 0. The number of fused-ring (bicyclic) bond motifs is 3. The molecule has 7 nitrogen and oxygen atoms in total. The van der Waals surface area contributed by atoms with Gasteiger partial charge in [0.25, 0.3) is 11.5 Å². The Labute approximate surface area is 160 Å². The summed E-state index contributed by atoms with van der Waals surface area (Å²) >= 11 is 0. The van der Waals surface area contributed by atoms with Crippen LogP contribution in [-0.4, -0.2) is 27.0 Å². The minimum Gasteiger partial charge on any atom is -0.481 e. The zero-order valence-electron chi connectivity index (χ0n) is 15.2. The van der Waals surface area contributed by atoms with Gasteiger partial charge in [0.05, 0.1) is 0 Å². The van der Waals surface area contributed by atoms with Crippen molar-refractivity contribution in [2.75, 3.05) is 5.32 Å². The largest absolute Gasteiger partial charge is 0.481 e. The SMILES string of the molecule is CCC(=O)O.O=C(Nc1ccc2[nH]c(=O)c3[nH]ccc3c2c1)c1ccccc1. The van der Waals surface area contributed by atoms with Gasteiger partial charge >= 0.3 is 5.97 Å². The molecule has 4 aromatic rings. The van der Waals surface area contributed by atoms with Gasteiger partial charge in [-0.05, 0) is 36.4 Å². The standard InChI is InChI=1S/C18H13N3O2.C3H6O2/c22-17(11-4-2-1-3-5-11)20-12-6-7-15-14(10-12)13-8-9-19-16(13)18(23)21-15;1-2-3(4)5/h1-10,19H,(H,20,22)(H,21,23);2H2,1H3,(H,4,5). The fourth-order valence-corrected chi connectivity index (χ4v) is 2.71. The molecular formula is C21H19N3O4. The Hall–Kier alpha value is -3.87. The molecule has 1 amide bonds. The first-order chi connectivity index (χ1) is 13.5. The van der Waals surface area contributed by atoms with Crippen LogP contribution in [-0.2, 0) is 4.79 Å². The summed E-state index contributed by atoms with van der Waals surface area (Å²) in [7, 11) is 0. The van der Waals surface area contributed by atoms with Gasteiger partial charge in [-0.1, -0.05) is 25.1 Å². The van der Waals surface area contributed by atoms with Gasteiger partial charge in [-0.25, -0.2) is 0 Å². The molecule has 0 bridgehead atoms. The van der Waals surface area contributed by atoms with Crippen LogP contribution in [0.25, 0.3) is 21.8 Å². The molecule has 0 aliphatic heterocycles. The summed E-state index contributed by atoms with van der Waals surface area (Å²) in [4.78, 5) is 39.3. The van der Waals surface area contributed by atoms with Gasteiger partial charge in [-0.3, -0.25) is 14.4 Å². The number of H-pyrrole nitrogens is 2. The molecule has 0 saturated heterocycles. The monoisotopic (exact) mass is 377 g/mol. The Bertz CT molecular complexity index is 1190. The van der Waals surface area contributed by atoms with Crippen molar-refractivity contribution < 1.29 is 14.7 Å². The van der Waals surface area contributed by atoms with E-state index >= 15 is 0 Å². The second kappa shape index (κ2) is 8.22. The number of hydrogen-bond donors (Lipinski definition) is 4. The lowest BCUT2D eigenvalue weighted by molar-refractivity contribution is -0.136. The zero-order valence-corrected chi connectivity index (χ0v) is 15.2. The smallest absolute Gasteiger partial charge is 0.303 e. The fourth-order valence-electron chi connectivity index (χ4n) is 2.71. The van der Waals surface area contributed by atoms with Crippen LogP contribution < -0.4 is 10.9 Å². The number of carboxylic acid groups (broad SMARTS) is 1. The number of anilines is 1. The summed E-state index contributed by atoms with van der Waals surface area (Å²) in [6.07, 6.45) is 1.95. The maximum atomic E-state index is 12.2. The summed E-state index contributed by atoms with van der Waals surface area (Å²) in [5, 5.41) is 12.3. The summed E-state index contributed by atoms with van der Waals surface area (Å²) in [6.45, 7) is 1.60. The van der Waals surface area contributed by atoms with E-state index < -0.39 is 5.97 Å². The highest BCUT2D eigenvalue weighted by Gasteiger charge is 2.09. The van der Waals surface area contributed by atoms with E-state index in [0.717, 1.165) is 16.3 Å². The number of nitrogens with one attached hydrogen (secondary N) is 3. The van der Waals surface area contributed by atoms with Crippen molar-refractivity contribution in [1.82, 2.24) is 9.97 Å². The lowest BCUT2D eigenvalue weighted by atomic mass is 10.1. The molecule has 0 spiro atoms. The number of pyridine rings is 1. The second-order valence-electron chi connectivity index (χ2n) is 6.05. The van der Waals surface area contributed by atoms with Crippen molar-refractivity contribution in [2.24, 2.45) is 0 Å². The van der Waals surface area contributed by atoms with Crippen molar-refractivity contribution in [2.45, 2.75) is 13.3 Å². The van der Waals surface area contributed by atoms with Crippen molar-refractivity contribution in [1.29, 1.82) is 0 Å². The molecule has 0 saturated carbocycles. The second-order valence-corrected chi connectivity index (χ2v) is 6.05. The van der Waals surface area contributed by atoms with E-state index in [1.54, 1.807) is 37.4 Å². The molecule has 4 rings (SSSR count). The molecule has 2 heterocycles. The molecule has 0 radical (unpaired) electrons. The highest BCUT2D eigenvalue weighted by atomic mass is 16.4. The molecule has 2 aromatic carbocycles. The molecule has 0 aliphatic carbocycles. The van der Waals surface area contributed by atoms with Gasteiger partial charge in [-0.15, -0.1) is 0 Å². The third-order valence-electron chi connectivity index (χ3n) is 4.13. The van der Waals surface area contributed by atoms with Crippen molar-refractivity contribution in [3.63, 3.8) is 0 Å². The summed E-state index contributed by atoms with van der Waals surface area (Å²) in [5.74, 6) is -0.912. The lowest BCUT2D eigenvalue weighted by Gasteiger charge is -2.07. The van der Waals surface area contributed by atoms with E-state index in [-0.39, 0.29) is 17.9 Å². The fraction of sp³-hybridized carbons (Fsp3) is 0.0952. The minimum atomic E-state index is -0.745. The number of rotatable bonds is 3. The molecule has 142 valence electrons. The van der Waals surface area contributed by atoms with Gasteiger partial charge in [0.15, 0.2) is 0 Å². The molecule has 7 heteroatoms. The predicted molar refractivity (Wildman–Crippen MR) is 109 cm³/mol. The third-order valence-corrected chi connectivity index (χ3v) is 4.13. The van der Waals surface area contributed by atoms with Crippen LogP contribution in [0.5, 0.6) is 0 Å². The van der Waals surface area contributed by atoms with Crippen LogP contribution >= 0.6 is 0 Å². The molecule has 0 aliphatic rings. The molecule has 0 atom stereocenters. The predicted octanol–water partition coefficient (Wildman–Crippen LogP) is 3.74. The van der Waals surface area contributed by atoms with Gasteiger partial charge < -0.3 is 20.4 Å². The Morgan fingerprint density at radius 2 is 1.75 bits per heavy atom. The van der Waals surface area contributed by atoms with Gasteiger partial charge in [-0.2, -0.15) is 0 Å². The Kier molecular flexibility index (Phi) is 5.55. The number of aliphatic carboxylic acids is 1. The Morgan fingerprint density at radius 3 is 2.43 bits per heavy atom. The summed E-state index contributed by atoms with van der Waals surface area (Å²) in [6, 6.07) is 16.3.